The minimum absolute atomic E-state index is 0.174. The summed E-state index contributed by atoms with van der Waals surface area (Å²) in [5.74, 6) is 0. The molecule has 1 N–H and O–H groups in total. The predicted molar refractivity (Wildman–Crippen MR) is 52.9 cm³/mol. The van der Waals surface area contributed by atoms with Crippen LogP contribution in [-0.2, 0) is 9.47 Å². The van der Waals surface area contributed by atoms with E-state index in [9.17, 15) is 0 Å². The fraction of sp³-hybridized carbons (Fsp3) is 1.00. The average Bonchev–Trinajstić information content (AvgIpc) is 2.42. The summed E-state index contributed by atoms with van der Waals surface area (Å²) in [5, 5.41) is 3.54. The molecule has 1 rings (SSSR count). The van der Waals surface area contributed by atoms with Gasteiger partial charge in [-0.15, -0.1) is 0 Å². The smallest absolute Gasteiger partial charge is 0.0726 e. The molecule has 2 atom stereocenters. The molecule has 1 saturated heterocycles. The summed E-state index contributed by atoms with van der Waals surface area (Å²) < 4.78 is 10.5. The van der Waals surface area contributed by atoms with Crippen LogP contribution in [0.1, 0.15) is 26.7 Å². The molecule has 1 fully saturated rings. The highest BCUT2D eigenvalue weighted by atomic mass is 16.5. The van der Waals surface area contributed by atoms with Gasteiger partial charge in [-0.1, -0.05) is 0 Å². The van der Waals surface area contributed by atoms with Gasteiger partial charge in [-0.3, -0.25) is 0 Å². The van der Waals surface area contributed by atoms with E-state index in [0.29, 0.717) is 6.10 Å². The fourth-order valence-corrected chi connectivity index (χ4v) is 1.66. The average molecular weight is 187 g/mol. The Balaban J connectivity index is 2.18. The lowest BCUT2D eigenvalue weighted by molar-refractivity contribution is 0.0875. The third-order valence-corrected chi connectivity index (χ3v) is 2.94. The summed E-state index contributed by atoms with van der Waals surface area (Å²) in [6.45, 7) is 7.10. The van der Waals surface area contributed by atoms with Gasteiger partial charge in [0.2, 0.25) is 0 Å². The minimum atomic E-state index is 0.174. The van der Waals surface area contributed by atoms with Crippen molar-refractivity contribution in [2.24, 2.45) is 0 Å². The van der Waals surface area contributed by atoms with Crippen LogP contribution in [0, 0.1) is 0 Å². The van der Waals surface area contributed by atoms with E-state index in [1.807, 2.05) is 0 Å². The van der Waals surface area contributed by atoms with Crippen molar-refractivity contribution < 1.29 is 9.47 Å². The van der Waals surface area contributed by atoms with Crippen molar-refractivity contribution in [1.29, 1.82) is 0 Å². The lowest BCUT2D eigenvalue weighted by atomic mass is 9.95. The third-order valence-electron chi connectivity index (χ3n) is 2.94. The van der Waals surface area contributed by atoms with Crippen molar-refractivity contribution in [3.63, 3.8) is 0 Å². The highest BCUT2D eigenvalue weighted by Crippen LogP contribution is 2.24. The van der Waals surface area contributed by atoms with E-state index in [0.717, 1.165) is 32.6 Å². The van der Waals surface area contributed by atoms with Crippen LogP contribution in [0.5, 0.6) is 0 Å². The molecule has 0 spiro atoms. The van der Waals surface area contributed by atoms with Crippen LogP contribution in [0.25, 0.3) is 0 Å². The van der Waals surface area contributed by atoms with Gasteiger partial charge in [0, 0.05) is 25.9 Å². The topological polar surface area (TPSA) is 30.5 Å². The molecule has 3 nitrogen and oxygen atoms in total. The van der Waals surface area contributed by atoms with E-state index < -0.39 is 0 Å². The van der Waals surface area contributed by atoms with E-state index >= 15 is 0 Å². The number of methoxy groups -OCH3 is 1. The Morgan fingerprint density at radius 3 is 2.92 bits per heavy atom. The standard InChI is InChI=1S/C10H21NO2/c1-9-10(2,5-8-13-9)11-6-4-7-12-3/h9,11H,4-8H2,1-3H3. The van der Waals surface area contributed by atoms with E-state index in [-0.39, 0.29) is 5.54 Å². The summed E-state index contributed by atoms with van der Waals surface area (Å²) in [6, 6.07) is 0. The summed E-state index contributed by atoms with van der Waals surface area (Å²) in [7, 11) is 1.74. The summed E-state index contributed by atoms with van der Waals surface area (Å²) in [5.41, 5.74) is 0.174. The Bertz CT molecular complexity index is 152. The molecule has 1 heterocycles. The summed E-state index contributed by atoms with van der Waals surface area (Å²) in [6.07, 6.45) is 2.51. The van der Waals surface area contributed by atoms with Crippen LogP contribution in [0.4, 0.5) is 0 Å². The van der Waals surface area contributed by atoms with Crippen molar-refractivity contribution in [3.05, 3.63) is 0 Å². The molecule has 78 valence electrons. The first-order valence-electron chi connectivity index (χ1n) is 5.04. The van der Waals surface area contributed by atoms with Gasteiger partial charge >= 0.3 is 0 Å². The molecule has 0 aromatic rings. The highest BCUT2D eigenvalue weighted by Gasteiger charge is 2.35. The molecule has 1 aliphatic heterocycles. The monoisotopic (exact) mass is 187 g/mol. The van der Waals surface area contributed by atoms with E-state index in [2.05, 4.69) is 19.2 Å². The van der Waals surface area contributed by atoms with E-state index in [1.165, 1.54) is 0 Å². The van der Waals surface area contributed by atoms with Gasteiger partial charge in [-0.05, 0) is 33.2 Å². The molecule has 0 aliphatic carbocycles. The van der Waals surface area contributed by atoms with Gasteiger partial charge in [0.05, 0.1) is 6.10 Å². The Hall–Kier alpha value is -0.120. The minimum Gasteiger partial charge on any atom is -0.385 e. The van der Waals surface area contributed by atoms with Gasteiger partial charge < -0.3 is 14.8 Å². The van der Waals surface area contributed by atoms with Crippen LogP contribution in [-0.4, -0.2) is 38.5 Å². The van der Waals surface area contributed by atoms with Crippen LogP contribution in [0.2, 0.25) is 0 Å². The van der Waals surface area contributed by atoms with E-state index in [1.54, 1.807) is 7.11 Å². The van der Waals surface area contributed by atoms with Crippen molar-refractivity contribution in [1.82, 2.24) is 5.32 Å². The van der Waals surface area contributed by atoms with Gasteiger partial charge in [-0.25, -0.2) is 0 Å². The van der Waals surface area contributed by atoms with Gasteiger partial charge in [0.25, 0.3) is 0 Å². The zero-order valence-corrected chi connectivity index (χ0v) is 8.93. The lowest BCUT2D eigenvalue weighted by Crippen LogP contribution is -2.48. The maximum atomic E-state index is 5.53. The van der Waals surface area contributed by atoms with Crippen molar-refractivity contribution in [2.75, 3.05) is 26.9 Å². The first-order valence-corrected chi connectivity index (χ1v) is 5.04. The third kappa shape index (κ3) is 2.93. The zero-order chi connectivity index (χ0) is 9.73. The van der Waals surface area contributed by atoms with Crippen molar-refractivity contribution >= 4 is 0 Å². The molecule has 1 aliphatic rings. The Morgan fingerprint density at radius 2 is 2.38 bits per heavy atom. The van der Waals surface area contributed by atoms with Crippen molar-refractivity contribution in [3.8, 4) is 0 Å². The highest BCUT2D eigenvalue weighted by molar-refractivity contribution is 4.93. The number of rotatable bonds is 5. The molecule has 2 unspecified atom stereocenters. The van der Waals surface area contributed by atoms with Crippen LogP contribution in [0.3, 0.4) is 0 Å². The van der Waals surface area contributed by atoms with Crippen molar-refractivity contribution in [2.45, 2.75) is 38.3 Å². The molecule has 0 saturated carbocycles. The molecule has 0 bridgehead atoms. The summed E-state index contributed by atoms with van der Waals surface area (Å²) >= 11 is 0. The second-order valence-corrected chi connectivity index (χ2v) is 3.95. The molecule has 13 heavy (non-hydrogen) atoms. The van der Waals surface area contributed by atoms with Crippen LogP contribution < -0.4 is 5.32 Å². The maximum Gasteiger partial charge on any atom is 0.0726 e. The second kappa shape index (κ2) is 4.94. The normalized spacial score (nSPS) is 33.9. The second-order valence-electron chi connectivity index (χ2n) is 3.95. The molecule has 0 radical (unpaired) electrons. The Kier molecular flexibility index (Phi) is 4.16. The Morgan fingerprint density at radius 1 is 1.62 bits per heavy atom. The van der Waals surface area contributed by atoms with Crippen LogP contribution >= 0.6 is 0 Å². The van der Waals surface area contributed by atoms with Crippen LogP contribution in [0.15, 0.2) is 0 Å². The maximum absolute atomic E-state index is 5.53. The molecular weight excluding hydrogens is 166 g/mol. The first kappa shape index (κ1) is 11.0. The molecule has 0 aromatic heterocycles. The number of nitrogens with one attached hydrogen (secondary N) is 1. The molecular formula is C10H21NO2. The zero-order valence-electron chi connectivity index (χ0n) is 8.93. The SMILES string of the molecule is COCCCNC1(C)CCOC1C. The van der Waals surface area contributed by atoms with Gasteiger partial charge in [0.1, 0.15) is 0 Å². The lowest BCUT2D eigenvalue weighted by Gasteiger charge is -2.29. The molecule has 0 aromatic carbocycles. The quantitative estimate of drug-likeness (QED) is 0.656. The van der Waals surface area contributed by atoms with E-state index in [4.69, 9.17) is 9.47 Å². The van der Waals surface area contributed by atoms with Gasteiger partial charge in [0.15, 0.2) is 0 Å². The first-order chi connectivity index (χ1) is 6.19. The number of hydrogen-bond acceptors (Lipinski definition) is 3. The summed E-state index contributed by atoms with van der Waals surface area (Å²) in [4.78, 5) is 0. The number of hydrogen-bond donors (Lipinski definition) is 1. The molecule has 0 amide bonds. The molecule has 3 heteroatoms. The predicted octanol–water partition coefficient (Wildman–Crippen LogP) is 1.18. The number of ether oxygens (including phenoxy) is 2. The Labute approximate surface area is 80.8 Å². The largest absolute Gasteiger partial charge is 0.385 e. The van der Waals surface area contributed by atoms with Gasteiger partial charge in [-0.2, -0.15) is 0 Å². The fourth-order valence-electron chi connectivity index (χ4n) is 1.66.